The number of carbonyl (C=O) groups excluding carboxylic acids is 3. The first-order chi connectivity index (χ1) is 18.8. The van der Waals surface area contributed by atoms with Crippen molar-refractivity contribution < 1.29 is 38.8 Å². The molecule has 11 nitrogen and oxygen atoms in total. The number of fused-ring (bicyclic) bond motifs is 3. The molecule has 39 heavy (non-hydrogen) atoms. The molecule has 0 saturated carbocycles. The molecule has 214 valence electrons. The fraction of sp³-hybridized carbons (Fsp3) is 0.607. The van der Waals surface area contributed by atoms with Gasteiger partial charge in [-0.15, -0.1) is 0 Å². The molecule has 2 amide bonds. The number of nitrogens with zero attached hydrogens (tertiary/aromatic N) is 2. The van der Waals surface area contributed by atoms with Crippen molar-refractivity contribution in [1.82, 2.24) is 15.1 Å². The van der Waals surface area contributed by atoms with Crippen LogP contribution in [0.3, 0.4) is 0 Å². The minimum Gasteiger partial charge on any atom is -0.493 e. The number of aliphatic hydroxyl groups excluding tert-OH is 2. The lowest BCUT2D eigenvalue weighted by Crippen LogP contribution is -2.57. The van der Waals surface area contributed by atoms with Gasteiger partial charge in [-0.2, -0.15) is 0 Å². The highest BCUT2D eigenvalue weighted by atomic mass is 16.5. The Hall–Kier alpha value is -2.99. The number of aliphatic hydroxyl groups is 2. The maximum Gasteiger partial charge on any atom is 0.247 e. The van der Waals surface area contributed by atoms with Gasteiger partial charge in [0.25, 0.3) is 0 Å². The lowest BCUT2D eigenvalue weighted by Gasteiger charge is -2.41. The molecule has 1 aliphatic carbocycles. The Balaban J connectivity index is 1.74. The number of hydrogen-bond donors (Lipinski definition) is 3. The van der Waals surface area contributed by atoms with Crippen LogP contribution in [0.5, 0.6) is 11.5 Å². The van der Waals surface area contributed by atoms with E-state index in [1.54, 1.807) is 23.1 Å². The Bertz CT molecular complexity index is 1080. The number of aldehydes is 1. The van der Waals surface area contributed by atoms with Gasteiger partial charge in [0.15, 0.2) is 11.5 Å². The summed E-state index contributed by atoms with van der Waals surface area (Å²) in [5.74, 6) is -0.475. The van der Waals surface area contributed by atoms with Crippen LogP contribution >= 0.6 is 0 Å². The van der Waals surface area contributed by atoms with Gasteiger partial charge in [-0.25, -0.2) is 0 Å². The topological polar surface area (TPSA) is 138 Å². The van der Waals surface area contributed by atoms with E-state index in [9.17, 15) is 24.6 Å². The molecule has 2 heterocycles. The molecule has 4 atom stereocenters. The summed E-state index contributed by atoms with van der Waals surface area (Å²) < 4.78 is 17.1. The molecule has 0 spiro atoms. The van der Waals surface area contributed by atoms with Gasteiger partial charge in [0, 0.05) is 55.8 Å². The third-order valence-electron chi connectivity index (χ3n) is 7.43. The number of benzene rings is 1. The van der Waals surface area contributed by atoms with Crippen molar-refractivity contribution in [1.29, 1.82) is 0 Å². The van der Waals surface area contributed by atoms with E-state index in [1.165, 1.54) is 7.11 Å². The summed E-state index contributed by atoms with van der Waals surface area (Å²) in [6.45, 7) is 7.44. The molecule has 4 rings (SSSR count). The third-order valence-corrected chi connectivity index (χ3v) is 7.43. The minimum atomic E-state index is -1.15. The second kappa shape index (κ2) is 12.9. The Morgan fingerprint density at radius 3 is 2.67 bits per heavy atom. The number of amides is 2. The summed E-state index contributed by atoms with van der Waals surface area (Å²) in [7, 11) is 1.46. The Morgan fingerprint density at radius 1 is 1.28 bits per heavy atom. The first-order valence-corrected chi connectivity index (χ1v) is 13.5. The summed E-state index contributed by atoms with van der Waals surface area (Å²) in [5.41, 5.74) is 1.21. The Labute approximate surface area is 228 Å². The zero-order valence-electron chi connectivity index (χ0n) is 22.8. The molecule has 0 aromatic heterocycles. The predicted molar refractivity (Wildman–Crippen MR) is 142 cm³/mol. The van der Waals surface area contributed by atoms with Crippen LogP contribution in [0.4, 0.5) is 0 Å². The molecular formula is C28H39N3O8. The van der Waals surface area contributed by atoms with Crippen molar-refractivity contribution >= 4 is 18.1 Å². The maximum absolute atomic E-state index is 13.5. The van der Waals surface area contributed by atoms with Gasteiger partial charge in [-0.3, -0.25) is 19.3 Å². The summed E-state index contributed by atoms with van der Waals surface area (Å²) in [6.07, 6.45) is 0.582. The molecule has 3 N–H and O–H groups in total. The van der Waals surface area contributed by atoms with E-state index in [2.05, 4.69) is 10.2 Å². The van der Waals surface area contributed by atoms with Crippen LogP contribution < -0.4 is 14.8 Å². The highest BCUT2D eigenvalue weighted by molar-refractivity contribution is 5.96. The summed E-state index contributed by atoms with van der Waals surface area (Å²) in [4.78, 5) is 42.4. The number of nitrogens with one attached hydrogen (secondary N) is 1. The number of ether oxygens (including phenoxy) is 3. The van der Waals surface area contributed by atoms with Crippen molar-refractivity contribution in [3.8, 4) is 11.5 Å². The van der Waals surface area contributed by atoms with Crippen LogP contribution in [0.25, 0.3) is 0 Å². The van der Waals surface area contributed by atoms with E-state index in [0.29, 0.717) is 60.8 Å². The lowest BCUT2D eigenvalue weighted by atomic mass is 9.77. The lowest BCUT2D eigenvalue weighted by molar-refractivity contribution is -0.138. The molecule has 3 aliphatic rings. The van der Waals surface area contributed by atoms with Crippen LogP contribution in [0.15, 0.2) is 23.8 Å². The van der Waals surface area contributed by atoms with Crippen molar-refractivity contribution in [2.45, 2.75) is 44.4 Å². The Morgan fingerprint density at radius 2 is 2.03 bits per heavy atom. The van der Waals surface area contributed by atoms with E-state index in [0.717, 1.165) is 13.1 Å². The zero-order valence-corrected chi connectivity index (χ0v) is 22.8. The van der Waals surface area contributed by atoms with Gasteiger partial charge in [-0.1, -0.05) is 13.8 Å². The number of carbonyl (C=O) groups is 3. The van der Waals surface area contributed by atoms with Crippen molar-refractivity contribution in [3.63, 3.8) is 0 Å². The van der Waals surface area contributed by atoms with E-state index >= 15 is 0 Å². The molecule has 0 bridgehead atoms. The molecule has 2 aliphatic heterocycles. The number of hydrogen-bond acceptors (Lipinski definition) is 9. The number of rotatable bonds is 11. The first kappa shape index (κ1) is 29.0. The fourth-order valence-electron chi connectivity index (χ4n) is 5.54. The molecule has 0 radical (unpaired) electrons. The highest BCUT2D eigenvalue weighted by Crippen LogP contribution is 2.51. The summed E-state index contributed by atoms with van der Waals surface area (Å²) in [5, 5.41) is 23.7. The third kappa shape index (κ3) is 6.27. The first-order valence-electron chi connectivity index (χ1n) is 13.5. The maximum atomic E-state index is 13.5. The largest absolute Gasteiger partial charge is 0.493 e. The zero-order chi connectivity index (χ0) is 28.1. The van der Waals surface area contributed by atoms with Crippen LogP contribution in [0.1, 0.15) is 42.1 Å². The minimum absolute atomic E-state index is 0.0409. The van der Waals surface area contributed by atoms with Gasteiger partial charge in [0.2, 0.25) is 11.8 Å². The Kier molecular flexibility index (Phi) is 9.60. The van der Waals surface area contributed by atoms with Crippen molar-refractivity contribution in [2.75, 3.05) is 59.7 Å². The van der Waals surface area contributed by atoms with Crippen LogP contribution in [-0.4, -0.2) is 116 Å². The summed E-state index contributed by atoms with van der Waals surface area (Å²) >= 11 is 0. The molecule has 1 aromatic rings. The van der Waals surface area contributed by atoms with Gasteiger partial charge in [-0.05, 0) is 24.1 Å². The molecule has 1 aromatic carbocycles. The fourth-order valence-corrected chi connectivity index (χ4v) is 5.54. The van der Waals surface area contributed by atoms with Crippen LogP contribution in [-0.2, 0) is 14.3 Å². The van der Waals surface area contributed by atoms with Crippen molar-refractivity contribution in [2.24, 2.45) is 5.92 Å². The molecule has 0 unspecified atom stereocenters. The van der Waals surface area contributed by atoms with Gasteiger partial charge < -0.3 is 34.6 Å². The molecule has 11 heteroatoms. The quantitative estimate of drug-likeness (QED) is 0.336. The molecule has 1 fully saturated rings. The highest BCUT2D eigenvalue weighted by Gasteiger charge is 2.51. The number of morpholine rings is 1. The van der Waals surface area contributed by atoms with Gasteiger partial charge in [0.1, 0.15) is 18.5 Å². The van der Waals surface area contributed by atoms with Crippen molar-refractivity contribution in [3.05, 3.63) is 34.9 Å². The van der Waals surface area contributed by atoms with E-state index in [1.807, 2.05) is 13.8 Å². The molecule has 1 saturated heterocycles. The standard InChI is InChI=1S/C28H39N3O8/c1-17(2)12-23(34)31(6-5-30-7-10-38-11-8-30)21-15-20(28(36)29-4-9-32)24-19-13-18(16-33)14-22(37-3)26(19)39-27(24)25(21)35/h13-17,21,24-25,27,32,35H,4-12H2,1-3H3,(H,29,36)/t21-,24+,25+,27+/m1/s1. The normalized spacial score (nSPS) is 24.3. The van der Waals surface area contributed by atoms with E-state index in [4.69, 9.17) is 14.2 Å². The van der Waals surface area contributed by atoms with Crippen LogP contribution in [0, 0.1) is 5.92 Å². The SMILES string of the molecule is COc1cc(C=O)cc2c1O[C@@H]1[C@@H](O)[C@H](N(CCN3CCOCC3)C(=O)CC(C)C)C=C(C(=O)NCCO)[C@H]21. The monoisotopic (exact) mass is 545 g/mol. The predicted octanol–water partition coefficient (Wildman–Crippen LogP) is 0.337. The summed E-state index contributed by atoms with van der Waals surface area (Å²) in [6, 6.07) is 2.36. The van der Waals surface area contributed by atoms with E-state index in [-0.39, 0.29) is 31.4 Å². The van der Waals surface area contributed by atoms with Gasteiger partial charge >= 0.3 is 0 Å². The molecular weight excluding hydrogens is 506 g/mol. The smallest absolute Gasteiger partial charge is 0.247 e. The van der Waals surface area contributed by atoms with Gasteiger partial charge in [0.05, 0.1) is 38.9 Å². The van der Waals surface area contributed by atoms with Crippen LogP contribution in [0.2, 0.25) is 0 Å². The number of methoxy groups -OCH3 is 1. The van der Waals surface area contributed by atoms with E-state index < -0.39 is 30.1 Å². The second-order valence-corrected chi connectivity index (χ2v) is 10.5. The average molecular weight is 546 g/mol. The second-order valence-electron chi connectivity index (χ2n) is 10.5. The average Bonchev–Trinajstić information content (AvgIpc) is 3.32.